The van der Waals surface area contributed by atoms with E-state index < -0.39 is 0 Å². The standard InChI is InChI=1S/C20H18ClN3O2/c1-13-6-7-14(21)10-19(13)23-16-8-9-18(22-12-16)20(25)24-15-4-3-5-17(11-15)26-2/h3-12,23H,1-2H3,(H,24,25). The molecule has 3 aromatic rings. The highest BCUT2D eigenvalue weighted by Crippen LogP contribution is 2.24. The Morgan fingerprint density at radius 1 is 1.08 bits per heavy atom. The molecule has 1 amide bonds. The second-order valence-electron chi connectivity index (χ2n) is 5.70. The van der Waals surface area contributed by atoms with E-state index in [1.54, 1.807) is 37.6 Å². The smallest absolute Gasteiger partial charge is 0.274 e. The van der Waals surface area contributed by atoms with Gasteiger partial charge in [-0.1, -0.05) is 23.7 Å². The molecule has 0 spiro atoms. The van der Waals surface area contributed by atoms with Crippen LogP contribution in [0.2, 0.25) is 5.02 Å². The van der Waals surface area contributed by atoms with Crippen LogP contribution >= 0.6 is 11.6 Å². The van der Waals surface area contributed by atoms with E-state index in [4.69, 9.17) is 16.3 Å². The molecule has 5 nitrogen and oxygen atoms in total. The molecule has 0 atom stereocenters. The molecule has 132 valence electrons. The number of rotatable bonds is 5. The van der Waals surface area contributed by atoms with Gasteiger partial charge in [0.1, 0.15) is 11.4 Å². The van der Waals surface area contributed by atoms with E-state index in [9.17, 15) is 4.79 Å². The van der Waals surface area contributed by atoms with Crippen molar-refractivity contribution in [2.45, 2.75) is 6.92 Å². The van der Waals surface area contributed by atoms with Crippen molar-refractivity contribution in [3.63, 3.8) is 0 Å². The molecule has 0 fully saturated rings. The second kappa shape index (κ2) is 7.89. The maximum atomic E-state index is 12.3. The van der Waals surface area contributed by atoms with Crippen molar-refractivity contribution in [2.24, 2.45) is 0 Å². The highest BCUT2D eigenvalue weighted by atomic mass is 35.5. The minimum Gasteiger partial charge on any atom is -0.497 e. The number of aromatic nitrogens is 1. The van der Waals surface area contributed by atoms with Crippen molar-refractivity contribution in [3.05, 3.63) is 77.1 Å². The van der Waals surface area contributed by atoms with Gasteiger partial charge < -0.3 is 15.4 Å². The lowest BCUT2D eigenvalue weighted by Crippen LogP contribution is -2.13. The maximum absolute atomic E-state index is 12.3. The number of halogens is 1. The van der Waals surface area contributed by atoms with Gasteiger partial charge in [-0.25, -0.2) is 4.98 Å². The van der Waals surface area contributed by atoms with Crippen LogP contribution < -0.4 is 15.4 Å². The summed E-state index contributed by atoms with van der Waals surface area (Å²) in [6, 6.07) is 16.2. The summed E-state index contributed by atoms with van der Waals surface area (Å²) in [5.41, 5.74) is 3.70. The van der Waals surface area contributed by atoms with E-state index in [1.165, 1.54) is 0 Å². The number of anilines is 3. The largest absolute Gasteiger partial charge is 0.497 e. The molecule has 0 aliphatic heterocycles. The molecule has 0 bridgehead atoms. The molecule has 3 rings (SSSR count). The molecule has 0 radical (unpaired) electrons. The number of carbonyl (C=O) groups excluding carboxylic acids is 1. The van der Waals surface area contributed by atoms with Gasteiger partial charge in [-0.2, -0.15) is 0 Å². The van der Waals surface area contributed by atoms with Gasteiger partial charge in [0.05, 0.1) is 19.0 Å². The molecule has 6 heteroatoms. The van der Waals surface area contributed by atoms with Crippen LogP contribution in [0.1, 0.15) is 16.1 Å². The molecule has 2 N–H and O–H groups in total. The SMILES string of the molecule is COc1cccc(NC(=O)c2ccc(Nc3cc(Cl)ccc3C)cn2)c1. The Labute approximate surface area is 157 Å². The molecular weight excluding hydrogens is 350 g/mol. The van der Waals surface area contributed by atoms with Crippen LogP contribution in [0.25, 0.3) is 0 Å². The summed E-state index contributed by atoms with van der Waals surface area (Å²) < 4.78 is 5.15. The first-order valence-electron chi connectivity index (χ1n) is 8.00. The average molecular weight is 368 g/mol. The lowest BCUT2D eigenvalue weighted by molar-refractivity contribution is 0.102. The van der Waals surface area contributed by atoms with Gasteiger partial charge in [0.25, 0.3) is 5.91 Å². The lowest BCUT2D eigenvalue weighted by atomic mass is 10.2. The van der Waals surface area contributed by atoms with E-state index in [1.807, 2.05) is 37.3 Å². The van der Waals surface area contributed by atoms with Crippen LogP contribution in [-0.2, 0) is 0 Å². The van der Waals surface area contributed by atoms with Crippen molar-refractivity contribution < 1.29 is 9.53 Å². The monoisotopic (exact) mass is 367 g/mol. The van der Waals surface area contributed by atoms with Gasteiger partial charge in [-0.05, 0) is 48.9 Å². The lowest BCUT2D eigenvalue weighted by Gasteiger charge is -2.10. The van der Waals surface area contributed by atoms with Crippen molar-refractivity contribution in [2.75, 3.05) is 17.7 Å². The summed E-state index contributed by atoms with van der Waals surface area (Å²) in [4.78, 5) is 16.6. The number of nitrogens with zero attached hydrogens (tertiary/aromatic N) is 1. The Bertz CT molecular complexity index is 927. The number of benzene rings is 2. The van der Waals surface area contributed by atoms with Crippen LogP contribution in [0.4, 0.5) is 17.1 Å². The maximum Gasteiger partial charge on any atom is 0.274 e. The Morgan fingerprint density at radius 2 is 1.92 bits per heavy atom. The van der Waals surface area contributed by atoms with Gasteiger partial charge >= 0.3 is 0 Å². The Hall–Kier alpha value is -3.05. The number of carbonyl (C=O) groups is 1. The summed E-state index contributed by atoms with van der Waals surface area (Å²) in [6.07, 6.45) is 1.61. The van der Waals surface area contributed by atoms with Crippen LogP contribution in [0.5, 0.6) is 5.75 Å². The molecule has 0 aliphatic rings. The summed E-state index contributed by atoms with van der Waals surface area (Å²) in [7, 11) is 1.58. The number of pyridine rings is 1. The highest BCUT2D eigenvalue weighted by molar-refractivity contribution is 6.30. The van der Waals surface area contributed by atoms with Gasteiger partial charge in [-0.3, -0.25) is 4.79 Å². The summed E-state index contributed by atoms with van der Waals surface area (Å²) in [6.45, 7) is 1.99. The van der Waals surface area contributed by atoms with Crippen molar-refractivity contribution in [3.8, 4) is 5.75 Å². The predicted molar refractivity (Wildman–Crippen MR) is 105 cm³/mol. The Balaban J connectivity index is 1.70. The molecule has 0 unspecified atom stereocenters. The number of methoxy groups -OCH3 is 1. The molecule has 0 saturated carbocycles. The first-order chi connectivity index (χ1) is 12.5. The molecule has 0 saturated heterocycles. The highest BCUT2D eigenvalue weighted by Gasteiger charge is 2.09. The minimum atomic E-state index is -0.288. The molecule has 1 aromatic heterocycles. The van der Waals surface area contributed by atoms with Crippen molar-refractivity contribution in [1.82, 2.24) is 4.98 Å². The molecular formula is C20H18ClN3O2. The van der Waals surface area contributed by atoms with E-state index in [-0.39, 0.29) is 5.91 Å². The van der Waals surface area contributed by atoms with Gasteiger partial charge in [-0.15, -0.1) is 0 Å². The van der Waals surface area contributed by atoms with Crippen LogP contribution in [0.15, 0.2) is 60.8 Å². The number of nitrogens with one attached hydrogen (secondary N) is 2. The second-order valence-corrected chi connectivity index (χ2v) is 6.14. The van der Waals surface area contributed by atoms with Gasteiger partial charge in [0, 0.05) is 22.5 Å². The summed E-state index contributed by atoms with van der Waals surface area (Å²) in [5, 5.41) is 6.70. The number of hydrogen-bond acceptors (Lipinski definition) is 4. The van der Waals surface area contributed by atoms with Crippen molar-refractivity contribution >= 4 is 34.6 Å². The number of amides is 1. The van der Waals surface area contributed by atoms with Gasteiger partial charge in [0.15, 0.2) is 0 Å². The third kappa shape index (κ3) is 4.32. The topological polar surface area (TPSA) is 63.2 Å². The molecule has 1 heterocycles. The Morgan fingerprint density at radius 3 is 2.65 bits per heavy atom. The predicted octanol–water partition coefficient (Wildman–Crippen LogP) is 5.05. The first kappa shape index (κ1) is 17.8. The third-order valence-electron chi connectivity index (χ3n) is 3.80. The fourth-order valence-corrected chi connectivity index (χ4v) is 2.55. The minimum absolute atomic E-state index is 0.288. The fraction of sp³-hybridized carbons (Fsp3) is 0.100. The average Bonchev–Trinajstić information content (AvgIpc) is 2.65. The Kier molecular flexibility index (Phi) is 5.39. The van der Waals surface area contributed by atoms with E-state index in [2.05, 4.69) is 15.6 Å². The van der Waals surface area contributed by atoms with E-state index in [0.717, 1.165) is 16.9 Å². The van der Waals surface area contributed by atoms with Crippen molar-refractivity contribution in [1.29, 1.82) is 0 Å². The zero-order chi connectivity index (χ0) is 18.5. The van der Waals surface area contributed by atoms with Crippen LogP contribution in [0.3, 0.4) is 0 Å². The molecule has 2 aromatic carbocycles. The molecule has 0 aliphatic carbocycles. The third-order valence-corrected chi connectivity index (χ3v) is 4.04. The first-order valence-corrected chi connectivity index (χ1v) is 8.37. The summed E-state index contributed by atoms with van der Waals surface area (Å²) in [5.74, 6) is 0.385. The van der Waals surface area contributed by atoms with E-state index >= 15 is 0 Å². The zero-order valence-corrected chi connectivity index (χ0v) is 15.2. The molecule has 26 heavy (non-hydrogen) atoms. The van der Waals surface area contributed by atoms with Gasteiger partial charge in [0.2, 0.25) is 0 Å². The van der Waals surface area contributed by atoms with E-state index in [0.29, 0.717) is 22.2 Å². The zero-order valence-electron chi connectivity index (χ0n) is 14.4. The number of aryl methyl sites for hydroxylation is 1. The quantitative estimate of drug-likeness (QED) is 0.662. The summed E-state index contributed by atoms with van der Waals surface area (Å²) >= 11 is 6.03. The number of hydrogen-bond donors (Lipinski definition) is 2. The van der Waals surface area contributed by atoms with Crippen LogP contribution in [-0.4, -0.2) is 18.0 Å². The fourth-order valence-electron chi connectivity index (χ4n) is 2.38. The normalized spacial score (nSPS) is 10.3. The van der Waals surface area contributed by atoms with Crippen LogP contribution in [0, 0.1) is 6.92 Å². The number of ether oxygens (including phenoxy) is 1.